The SMILES string of the molecule is O=C(c1cccc(F)c1)N1CC(N2C(=O)CNC2=O)C1. The van der Waals surface area contributed by atoms with Crippen molar-refractivity contribution in [3.8, 4) is 0 Å². The number of halogens is 1. The van der Waals surface area contributed by atoms with Gasteiger partial charge in [-0.25, -0.2) is 9.18 Å². The molecule has 2 aliphatic rings. The summed E-state index contributed by atoms with van der Waals surface area (Å²) < 4.78 is 13.1. The lowest BCUT2D eigenvalue weighted by molar-refractivity contribution is -0.128. The van der Waals surface area contributed by atoms with Crippen LogP contribution in [0.3, 0.4) is 0 Å². The van der Waals surface area contributed by atoms with Crippen LogP contribution in [-0.4, -0.2) is 53.3 Å². The van der Waals surface area contributed by atoms with Gasteiger partial charge in [-0.2, -0.15) is 0 Å². The second-order valence-electron chi connectivity index (χ2n) is 4.80. The lowest BCUT2D eigenvalue weighted by Crippen LogP contribution is -2.62. The van der Waals surface area contributed by atoms with Crippen molar-refractivity contribution in [2.45, 2.75) is 6.04 Å². The van der Waals surface area contributed by atoms with Crippen LogP contribution in [0.2, 0.25) is 0 Å². The lowest BCUT2D eigenvalue weighted by atomic mass is 10.1. The molecule has 20 heavy (non-hydrogen) atoms. The van der Waals surface area contributed by atoms with Gasteiger partial charge >= 0.3 is 6.03 Å². The Hall–Kier alpha value is -2.44. The van der Waals surface area contributed by atoms with Gasteiger partial charge in [0.05, 0.1) is 12.6 Å². The van der Waals surface area contributed by atoms with E-state index >= 15 is 0 Å². The minimum atomic E-state index is -0.470. The molecule has 0 unspecified atom stereocenters. The highest BCUT2D eigenvalue weighted by Gasteiger charge is 2.43. The van der Waals surface area contributed by atoms with Crippen molar-refractivity contribution < 1.29 is 18.8 Å². The maximum atomic E-state index is 13.1. The molecule has 6 nitrogen and oxygen atoms in total. The number of likely N-dealkylation sites (tertiary alicyclic amines) is 1. The number of nitrogens with one attached hydrogen (secondary N) is 1. The zero-order chi connectivity index (χ0) is 14.3. The van der Waals surface area contributed by atoms with Crippen molar-refractivity contribution in [3.63, 3.8) is 0 Å². The van der Waals surface area contributed by atoms with Gasteiger partial charge in [0, 0.05) is 18.7 Å². The number of imide groups is 1. The Kier molecular flexibility index (Phi) is 2.89. The van der Waals surface area contributed by atoms with Gasteiger partial charge in [0.1, 0.15) is 5.82 Å². The normalized spacial score (nSPS) is 19.1. The minimum Gasteiger partial charge on any atom is -0.334 e. The molecule has 1 aromatic carbocycles. The van der Waals surface area contributed by atoms with Gasteiger partial charge < -0.3 is 10.2 Å². The fourth-order valence-corrected chi connectivity index (χ4v) is 2.39. The van der Waals surface area contributed by atoms with Crippen molar-refractivity contribution in [2.75, 3.05) is 19.6 Å². The topological polar surface area (TPSA) is 69.7 Å². The number of rotatable bonds is 2. The summed E-state index contributed by atoms with van der Waals surface area (Å²) in [5.74, 6) is -1.05. The first-order chi connectivity index (χ1) is 9.56. The van der Waals surface area contributed by atoms with E-state index in [1.54, 1.807) is 0 Å². The van der Waals surface area contributed by atoms with E-state index in [1.807, 2.05) is 0 Å². The first kappa shape index (κ1) is 12.6. The van der Waals surface area contributed by atoms with Crippen LogP contribution in [0.4, 0.5) is 9.18 Å². The Morgan fingerprint density at radius 2 is 2.05 bits per heavy atom. The summed E-state index contributed by atoms with van der Waals surface area (Å²) in [4.78, 5) is 37.6. The van der Waals surface area contributed by atoms with Crippen LogP contribution in [-0.2, 0) is 4.79 Å². The van der Waals surface area contributed by atoms with Gasteiger partial charge in [0.15, 0.2) is 0 Å². The maximum absolute atomic E-state index is 13.1. The molecule has 2 aliphatic heterocycles. The second-order valence-corrected chi connectivity index (χ2v) is 4.80. The van der Waals surface area contributed by atoms with Crippen molar-refractivity contribution in [1.82, 2.24) is 15.1 Å². The standard InChI is InChI=1S/C13H12FN3O3/c14-9-3-1-2-8(4-9)12(19)16-6-10(7-16)17-11(18)5-15-13(17)20/h1-4,10H,5-7H2,(H,15,20). The molecular formula is C13H12FN3O3. The summed E-state index contributed by atoms with van der Waals surface area (Å²) in [6.07, 6.45) is 0. The largest absolute Gasteiger partial charge is 0.334 e. The lowest BCUT2D eigenvalue weighted by Gasteiger charge is -2.42. The molecule has 0 saturated carbocycles. The number of urea groups is 1. The average molecular weight is 277 g/mol. The summed E-state index contributed by atoms with van der Waals surface area (Å²) in [5.41, 5.74) is 0.264. The molecule has 3 rings (SSSR count). The van der Waals surface area contributed by atoms with Crippen molar-refractivity contribution in [1.29, 1.82) is 0 Å². The Balaban J connectivity index is 1.64. The molecule has 0 aromatic heterocycles. The smallest absolute Gasteiger partial charge is 0.324 e. The first-order valence-electron chi connectivity index (χ1n) is 6.21. The number of benzene rings is 1. The molecule has 0 atom stereocenters. The molecule has 2 saturated heterocycles. The molecule has 0 radical (unpaired) electrons. The van der Waals surface area contributed by atoms with Gasteiger partial charge in [-0.1, -0.05) is 6.07 Å². The van der Waals surface area contributed by atoms with Gasteiger partial charge in [0.25, 0.3) is 5.91 Å². The van der Waals surface area contributed by atoms with Crippen LogP contribution in [0, 0.1) is 5.82 Å². The first-order valence-corrected chi connectivity index (χ1v) is 6.21. The third-order valence-corrected chi connectivity index (χ3v) is 3.46. The fourth-order valence-electron chi connectivity index (χ4n) is 2.39. The highest BCUT2D eigenvalue weighted by molar-refractivity contribution is 6.03. The molecule has 1 aromatic rings. The van der Waals surface area contributed by atoms with Gasteiger partial charge in [-0.3, -0.25) is 14.5 Å². The molecule has 2 heterocycles. The molecular weight excluding hydrogens is 265 g/mol. The summed E-state index contributed by atoms with van der Waals surface area (Å²) in [6, 6.07) is 4.73. The highest BCUT2D eigenvalue weighted by Crippen LogP contribution is 2.20. The van der Waals surface area contributed by atoms with Gasteiger partial charge in [-0.05, 0) is 18.2 Å². The number of amides is 4. The summed E-state index contributed by atoms with van der Waals surface area (Å²) >= 11 is 0. The Morgan fingerprint density at radius 3 is 2.65 bits per heavy atom. The van der Waals surface area contributed by atoms with E-state index in [0.29, 0.717) is 0 Å². The van der Waals surface area contributed by atoms with E-state index in [4.69, 9.17) is 0 Å². The maximum Gasteiger partial charge on any atom is 0.324 e. The van der Waals surface area contributed by atoms with Crippen LogP contribution >= 0.6 is 0 Å². The third-order valence-electron chi connectivity index (χ3n) is 3.46. The number of hydrogen-bond acceptors (Lipinski definition) is 3. The molecule has 2 fully saturated rings. The summed E-state index contributed by atoms with van der Waals surface area (Å²) in [6.45, 7) is 0.580. The minimum absolute atomic E-state index is 0.00712. The number of hydrogen-bond donors (Lipinski definition) is 1. The van der Waals surface area contributed by atoms with Crippen LogP contribution in [0.25, 0.3) is 0 Å². The monoisotopic (exact) mass is 277 g/mol. The third kappa shape index (κ3) is 2.01. The number of carbonyl (C=O) groups excluding carboxylic acids is 3. The van der Waals surface area contributed by atoms with Gasteiger partial charge in [0.2, 0.25) is 5.91 Å². The van der Waals surface area contributed by atoms with Crippen molar-refractivity contribution >= 4 is 17.8 Å². The quantitative estimate of drug-likeness (QED) is 0.785. The van der Waals surface area contributed by atoms with E-state index in [-0.39, 0.29) is 43.1 Å². The van der Waals surface area contributed by atoms with Crippen molar-refractivity contribution in [3.05, 3.63) is 35.6 Å². The second kappa shape index (κ2) is 4.59. The predicted molar refractivity (Wildman–Crippen MR) is 66.3 cm³/mol. The van der Waals surface area contributed by atoms with E-state index < -0.39 is 11.8 Å². The highest BCUT2D eigenvalue weighted by atomic mass is 19.1. The zero-order valence-corrected chi connectivity index (χ0v) is 10.5. The van der Waals surface area contributed by atoms with Gasteiger partial charge in [-0.15, -0.1) is 0 Å². The van der Waals surface area contributed by atoms with Crippen LogP contribution < -0.4 is 5.32 Å². The molecule has 1 N–H and O–H groups in total. The van der Waals surface area contributed by atoms with E-state index in [9.17, 15) is 18.8 Å². The zero-order valence-electron chi connectivity index (χ0n) is 10.5. The number of nitrogens with zero attached hydrogens (tertiary/aromatic N) is 2. The molecule has 7 heteroatoms. The van der Waals surface area contributed by atoms with Crippen LogP contribution in [0.1, 0.15) is 10.4 Å². The van der Waals surface area contributed by atoms with Crippen LogP contribution in [0.5, 0.6) is 0 Å². The van der Waals surface area contributed by atoms with E-state index in [2.05, 4.69) is 5.32 Å². The Labute approximate surface area is 114 Å². The molecule has 0 aliphatic carbocycles. The molecule has 4 amide bonds. The Bertz CT molecular complexity index is 582. The predicted octanol–water partition coefficient (Wildman–Crippen LogP) is 0.202. The number of carbonyl (C=O) groups is 3. The molecule has 104 valence electrons. The molecule has 0 spiro atoms. The van der Waals surface area contributed by atoms with E-state index in [0.717, 1.165) is 4.90 Å². The summed E-state index contributed by atoms with van der Waals surface area (Å²) in [7, 11) is 0. The fraction of sp³-hybridized carbons (Fsp3) is 0.308. The van der Waals surface area contributed by atoms with Crippen molar-refractivity contribution in [2.24, 2.45) is 0 Å². The summed E-state index contributed by atoms with van der Waals surface area (Å²) in [5, 5.41) is 2.44. The van der Waals surface area contributed by atoms with Crippen LogP contribution in [0.15, 0.2) is 24.3 Å². The average Bonchev–Trinajstić information content (AvgIpc) is 2.69. The molecule has 0 bridgehead atoms. The Morgan fingerprint density at radius 1 is 1.30 bits per heavy atom. The van der Waals surface area contributed by atoms with E-state index in [1.165, 1.54) is 29.2 Å².